The summed E-state index contributed by atoms with van der Waals surface area (Å²) in [5, 5.41) is 8.76. The molecule has 8 heteroatoms. The van der Waals surface area contributed by atoms with Crippen LogP contribution in [-0.4, -0.2) is 22.7 Å². The lowest BCUT2D eigenvalue weighted by Gasteiger charge is -2.21. The Labute approximate surface area is 189 Å². The van der Waals surface area contributed by atoms with Crippen LogP contribution in [0.4, 0.5) is 13.2 Å². The number of nitrogens with zero attached hydrogens (tertiary/aromatic N) is 1. The molecule has 2 aromatic carbocycles. The third-order valence-electron chi connectivity index (χ3n) is 5.13. The van der Waals surface area contributed by atoms with Crippen LogP contribution in [0.15, 0.2) is 54.6 Å². The summed E-state index contributed by atoms with van der Waals surface area (Å²) >= 11 is 0. The molecule has 1 N–H and O–H groups in total. The Bertz CT molecular complexity index is 1130. The van der Waals surface area contributed by atoms with E-state index in [4.69, 9.17) is 14.6 Å². The normalized spacial score (nSPS) is 12.3. The summed E-state index contributed by atoms with van der Waals surface area (Å²) in [5.41, 5.74) is 2.81. The number of aliphatic carboxylic acids is 1. The second-order valence-corrected chi connectivity index (χ2v) is 7.57. The number of rotatable bonds is 8. The van der Waals surface area contributed by atoms with E-state index in [1.807, 2.05) is 19.9 Å². The molecule has 0 saturated carbocycles. The minimum Gasteiger partial charge on any atom is -0.486 e. The minimum absolute atomic E-state index is 0.288. The monoisotopic (exact) mass is 459 g/mol. The second kappa shape index (κ2) is 9.94. The van der Waals surface area contributed by atoms with Crippen LogP contribution >= 0.6 is 0 Å². The maximum absolute atomic E-state index is 12.8. The zero-order valence-corrected chi connectivity index (χ0v) is 18.4. The van der Waals surface area contributed by atoms with Crippen LogP contribution in [0.25, 0.3) is 11.3 Å². The van der Waals surface area contributed by atoms with Crippen molar-refractivity contribution in [2.45, 2.75) is 39.5 Å². The lowest BCUT2D eigenvalue weighted by atomic mass is 10.0. The Morgan fingerprint density at radius 2 is 1.76 bits per heavy atom. The molecule has 1 unspecified atom stereocenters. The summed E-state index contributed by atoms with van der Waals surface area (Å²) in [7, 11) is 0. The van der Waals surface area contributed by atoms with Crippen LogP contribution in [-0.2, 0) is 11.0 Å². The highest BCUT2D eigenvalue weighted by molar-refractivity contribution is 5.68. The summed E-state index contributed by atoms with van der Waals surface area (Å²) in [5.74, 6) is 0.0215. The zero-order valence-electron chi connectivity index (χ0n) is 18.4. The molecule has 174 valence electrons. The molecular formula is C25H24F3NO4. The number of aryl methyl sites for hydroxylation is 2. The van der Waals surface area contributed by atoms with E-state index in [2.05, 4.69) is 4.98 Å². The number of pyridine rings is 1. The van der Waals surface area contributed by atoms with Gasteiger partial charge in [0.1, 0.15) is 17.6 Å². The molecule has 0 amide bonds. The molecule has 1 heterocycles. The van der Waals surface area contributed by atoms with E-state index < -0.39 is 24.3 Å². The van der Waals surface area contributed by atoms with Crippen molar-refractivity contribution in [1.29, 1.82) is 0 Å². The number of halogens is 3. The molecule has 0 fully saturated rings. The predicted molar refractivity (Wildman–Crippen MR) is 117 cm³/mol. The average molecular weight is 459 g/mol. The Morgan fingerprint density at radius 3 is 2.30 bits per heavy atom. The lowest BCUT2D eigenvalue weighted by molar-refractivity contribution is -0.139. The van der Waals surface area contributed by atoms with Gasteiger partial charge < -0.3 is 14.6 Å². The third-order valence-corrected chi connectivity index (χ3v) is 5.13. The number of hydrogen-bond donors (Lipinski definition) is 1. The van der Waals surface area contributed by atoms with E-state index in [-0.39, 0.29) is 6.10 Å². The second-order valence-electron chi connectivity index (χ2n) is 7.57. The first-order chi connectivity index (χ1) is 15.6. The molecule has 33 heavy (non-hydrogen) atoms. The van der Waals surface area contributed by atoms with Gasteiger partial charge in [-0.05, 0) is 62.2 Å². The van der Waals surface area contributed by atoms with Crippen LogP contribution in [0.3, 0.4) is 0 Å². The van der Waals surface area contributed by atoms with Crippen molar-refractivity contribution < 1.29 is 32.5 Å². The molecule has 0 saturated heterocycles. The van der Waals surface area contributed by atoms with Crippen molar-refractivity contribution in [2.24, 2.45) is 0 Å². The number of alkyl halides is 3. The van der Waals surface area contributed by atoms with Gasteiger partial charge in [-0.2, -0.15) is 13.2 Å². The van der Waals surface area contributed by atoms with Gasteiger partial charge in [-0.25, -0.2) is 4.79 Å². The summed E-state index contributed by atoms with van der Waals surface area (Å²) in [4.78, 5) is 15.3. The van der Waals surface area contributed by atoms with Crippen LogP contribution < -0.4 is 9.47 Å². The molecule has 0 bridgehead atoms. The Balaban J connectivity index is 1.78. The van der Waals surface area contributed by atoms with E-state index in [0.29, 0.717) is 29.2 Å². The number of aromatic nitrogens is 1. The smallest absolute Gasteiger partial charge is 0.416 e. The summed E-state index contributed by atoms with van der Waals surface area (Å²) in [6.07, 6.45) is -4.00. The van der Waals surface area contributed by atoms with Crippen LogP contribution in [0.5, 0.6) is 11.5 Å². The van der Waals surface area contributed by atoms with Gasteiger partial charge in [-0.15, -0.1) is 0 Å². The van der Waals surface area contributed by atoms with Crippen molar-refractivity contribution in [2.75, 3.05) is 6.61 Å². The Hall–Kier alpha value is -3.55. The highest BCUT2D eigenvalue weighted by Crippen LogP contribution is 2.33. The van der Waals surface area contributed by atoms with Gasteiger partial charge in [0.25, 0.3) is 0 Å². The fourth-order valence-electron chi connectivity index (χ4n) is 3.43. The van der Waals surface area contributed by atoms with Gasteiger partial charge in [0.05, 0.1) is 11.3 Å². The van der Waals surface area contributed by atoms with Crippen LogP contribution in [0.2, 0.25) is 0 Å². The Morgan fingerprint density at radius 1 is 1.06 bits per heavy atom. The molecule has 0 spiro atoms. The summed E-state index contributed by atoms with van der Waals surface area (Å²) < 4.78 is 49.8. The largest absolute Gasteiger partial charge is 0.486 e. The van der Waals surface area contributed by atoms with E-state index >= 15 is 0 Å². The number of benzene rings is 2. The average Bonchev–Trinajstić information content (AvgIpc) is 2.76. The van der Waals surface area contributed by atoms with E-state index in [1.165, 1.54) is 12.1 Å². The van der Waals surface area contributed by atoms with Gasteiger partial charge in [0.15, 0.2) is 6.61 Å². The van der Waals surface area contributed by atoms with Crippen LogP contribution in [0.1, 0.15) is 41.8 Å². The van der Waals surface area contributed by atoms with Crippen molar-refractivity contribution in [3.05, 3.63) is 77.0 Å². The van der Waals surface area contributed by atoms with Crippen molar-refractivity contribution in [3.8, 4) is 22.8 Å². The Kier molecular flexibility index (Phi) is 7.26. The lowest BCUT2D eigenvalue weighted by Crippen LogP contribution is -2.11. The number of carbonyl (C=O) groups is 1. The maximum atomic E-state index is 12.8. The number of ether oxygens (including phenoxy) is 2. The first-order valence-corrected chi connectivity index (χ1v) is 10.4. The highest BCUT2D eigenvalue weighted by atomic mass is 19.4. The molecule has 0 aliphatic carbocycles. The topological polar surface area (TPSA) is 68.7 Å². The molecule has 0 aliphatic rings. The van der Waals surface area contributed by atoms with Crippen LogP contribution in [0, 0.1) is 13.8 Å². The van der Waals surface area contributed by atoms with E-state index in [1.54, 1.807) is 31.2 Å². The number of carboxylic acid groups (broad SMARTS) is 1. The van der Waals surface area contributed by atoms with Crippen molar-refractivity contribution in [1.82, 2.24) is 4.98 Å². The van der Waals surface area contributed by atoms with E-state index in [9.17, 15) is 18.0 Å². The standard InChI is InChI=1S/C25H24F3NO4/c1-4-22(33-19-9-12-23(15(2)13-19)32-14-24(30)31)20-10-11-21(29-16(20)3)17-5-7-18(8-6-17)25(26,27)28/h5-13,22H,4,14H2,1-3H3,(H,30,31). The first kappa shape index (κ1) is 24.1. The molecule has 0 radical (unpaired) electrons. The maximum Gasteiger partial charge on any atom is 0.416 e. The molecule has 1 atom stereocenters. The van der Waals surface area contributed by atoms with Gasteiger partial charge in [-0.3, -0.25) is 4.98 Å². The summed E-state index contributed by atoms with van der Waals surface area (Å²) in [6, 6.07) is 13.7. The van der Waals surface area contributed by atoms with Gasteiger partial charge >= 0.3 is 12.1 Å². The first-order valence-electron chi connectivity index (χ1n) is 10.4. The molecule has 3 aromatic rings. The fraction of sp³-hybridized carbons (Fsp3) is 0.280. The van der Waals surface area contributed by atoms with Gasteiger partial charge in [0, 0.05) is 16.8 Å². The van der Waals surface area contributed by atoms with Crippen molar-refractivity contribution >= 4 is 5.97 Å². The number of carboxylic acids is 1. The molecule has 0 aliphatic heterocycles. The van der Waals surface area contributed by atoms with Gasteiger partial charge in [0.2, 0.25) is 0 Å². The molecule has 5 nitrogen and oxygen atoms in total. The fourth-order valence-corrected chi connectivity index (χ4v) is 3.43. The quantitative estimate of drug-likeness (QED) is 0.423. The third kappa shape index (κ3) is 6.03. The number of hydrogen-bond acceptors (Lipinski definition) is 4. The SMILES string of the molecule is CCC(Oc1ccc(OCC(=O)O)c(C)c1)c1ccc(-c2ccc(C(F)(F)F)cc2)nc1C. The molecule has 1 aromatic heterocycles. The highest BCUT2D eigenvalue weighted by Gasteiger charge is 2.30. The summed E-state index contributed by atoms with van der Waals surface area (Å²) in [6.45, 7) is 5.19. The zero-order chi connectivity index (χ0) is 24.2. The minimum atomic E-state index is -4.38. The predicted octanol–water partition coefficient (Wildman–Crippen LogP) is 6.38. The van der Waals surface area contributed by atoms with Gasteiger partial charge in [-0.1, -0.05) is 25.1 Å². The molecule has 3 rings (SSSR count). The van der Waals surface area contributed by atoms with Crippen molar-refractivity contribution in [3.63, 3.8) is 0 Å². The van der Waals surface area contributed by atoms with E-state index in [0.717, 1.165) is 29.0 Å². The molecular weight excluding hydrogens is 435 g/mol.